The van der Waals surface area contributed by atoms with Crippen LogP contribution in [0.1, 0.15) is 42.1 Å². The fourth-order valence-corrected chi connectivity index (χ4v) is 5.26. The van der Waals surface area contributed by atoms with E-state index in [1.807, 2.05) is 7.05 Å². The Labute approximate surface area is 178 Å². The third-order valence-corrected chi connectivity index (χ3v) is 7.33. The zero-order valence-corrected chi connectivity index (χ0v) is 17.7. The molecule has 0 amide bonds. The highest BCUT2D eigenvalue weighted by atomic mass is 19.1. The van der Waals surface area contributed by atoms with Gasteiger partial charge >= 0.3 is 5.97 Å². The summed E-state index contributed by atoms with van der Waals surface area (Å²) in [4.78, 5) is 26.8. The molecule has 1 aliphatic heterocycles. The Bertz CT molecular complexity index is 1140. The summed E-state index contributed by atoms with van der Waals surface area (Å²) in [7, 11) is 3.52. The summed E-state index contributed by atoms with van der Waals surface area (Å²) in [5.74, 6) is -0.426. The van der Waals surface area contributed by atoms with E-state index in [1.165, 1.54) is 17.9 Å². The summed E-state index contributed by atoms with van der Waals surface area (Å²) in [5.41, 5.74) is 6.72. The molecule has 9 heteroatoms. The summed E-state index contributed by atoms with van der Waals surface area (Å²) in [6, 6.07) is 1.16. The number of carboxylic acids is 1. The first-order chi connectivity index (χ1) is 14.8. The standard InChI is InChI=1S/C22H27FN4O4/c1-25-22(4-5-22)11-3-6-26(9-11)16-8-14(24)17-18(20(16)31-2)27(15-7-13(15)23)10-12(19(17)28)21(29)30/h8,10-11,13,15,25H,3-7,9,24H2,1-2H3,(H,29,30)/t11-,13+,15-/m1/s1. The second-order valence-corrected chi connectivity index (χ2v) is 8.98. The molecule has 4 N–H and O–H groups in total. The molecule has 2 aliphatic carbocycles. The molecule has 1 aromatic heterocycles. The van der Waals surface area contributed by atoms with E-state index >= 15 is 0 Å². The minimum Gasteiger partial charge on any atom is -0.492 e. The minimum absolute atomic E-state index is 0.0734. The number of methoxy groups -OCH3 is 1. The average Bonchev–Trinajstić information content (AvgIpc) is 3.64. The van der Waals surface area contributed by atoms with Crippen LogP contribution in [0, 0.1) is 5.92 Å². The fraction of sp³-hybridized carbons (Fsp3) is 0.545. The lowest BCUT2D eigenvalue weighted by Gasteiger charge is -2.27. The first kappa shape index (κ1) is 20.1. The molecule has 1 aromatic carbocycles. The van der Waals surface area contributed by atoms with Crippen molar-refractivity contribution in [1.29, 1.82) is 0 Å². The van der Waals surface area contributed by atoms with Gasteiger partial charge in [0.15, 0.2) is 5.75 Å². The number of alkyl halides is 1. The molecule has 31 heavy (non-hydrogen) atoms. The predicted octanol–water partition coefficient (Wildman–Crippen LogP) is 2.15. The monoisotopic (exact) mass is 430 g/mol. The maximum atomic E-state index is 14.1. The molecule has 0 spiro atoms. The molecule has 2 heterocycles. The fourth-order valence-electron chi connectivity index (χ4n) is 5.26. The van der Waals surface area contributed by atoms with E-state index in [2.05, 4.69) is 10.2 Å². The Morgan fingerprint density at radius 2 is 2.13 bits per heavy atom. The van der Waals surface area contributed by atoms with E-state index in [4.69, 9.17) is 10.5 Å². The topological polar surface area (TPSA) is 110 Å². The van der Waals surface area contributed by atoms with Crippen molar-refractivity contribution in [3.8, 4) is 5.75 Å². The van der Waals surface area contributed by atoms with E-state index in [0.717, 1.165) is 38.0 Å². The number of fused-ring (bicyclic) bond motifs is 1. The second kappa shape index (κ2) is 6.85. The van der Waals surface area contributed by atoms with Gasteiger partial charge in [0.05, 0.1) is 29.7 Å². The lowest BCUT2D eigenvalue weighted by Crippen LogP contribution is -2.37. The number of nitrogen functional groups attached to an aromatic ring is 1. The molecule has 2 aromatic rings. The third kappa shape index (κ3) is 2.97. The molecule has 166 valence electrons. The lowest BCUT2D eigenvalue weighted by atomic mass is 9.96. The molecule has 3 atom stereocenters. The van der Waals surface area contributed by atoms with Crippen LogP contribution in [0.4, 0.5) is 15.8 Å². The van der Waals surface area contributed by atoms with Gasteiger partial charge in [-0.3, -0.25) is 4.79 Å². The Morgan fingerprint density at radius 1 is 1.42 bits per heavy atom. The zero-order valence-electron chi connectivity index (χ0n) is 17.7. The van der Waals surface area contributed by atoms with Gasteiger partial charge < -0.3 is 30.4 Å². The number of carbonyl (C=O) groups is 1. The van der Waals surface area contributed by atoms with Gasteiger partial charge in [0, 0.05) is 36.9 Å². The summed E-state index contributed by atoms with van der Waals surface area (Å²) >= 11 is 0. The van der Waals surface area contributed by atoms with Crippen LogP contribution in [-0.4, -0.2) is 54.6 Å². The first-order valence-corrected chi connectivity index (χ1v) is 10.7. The highest BCUT2D eigenvalue weighted by Crippen LogP contribution is 2.49. The van der Waals surface area contributed by atoms with Gasteiger partial charge in [-0.15, -0.1) is 0 Å². The summed E-state index contributed by atoms with van der Waals surface area (Å²) in [6.07, 6.45) is 3.76. The van der Waals surface area contributed by atoms with Crippen molar-refractivity contribution in [2.24, 2.45) is 5.92 Å². The normalized spacial score (nSPS) is 26.3. The highest BCUT2D eigenvalue weighted by molar-refractivity contribution is 6.03. The number of rotatable bonds is 6. The third-order valence-electron chi connectivity index (χ3n) is 7.33. The number of aromatic carboxylic acids is 1. The summed E-state index contributed by atoms with van der Waals surface area (Å²) in [5, 5.41) is 13.0. The Balaban J connectivity index is 1.69. The molecule has 0 unspecified atom stereocenters. The Hall–Kier alpha value is -2.81. The van der Waals surface area contributed by atoms with Gasteiger partial charge in [0.1, 0.15) is 11.7 Å². The van der Waals surface area contributed by atoms with E-state index in [0.29, 0.717) is 17.2 Å². The van der Waals surface area contributed by atoms with Crippen molar-refractivity contribution < 1.29 is 19.0 Å². The van der Waals surface area contributed by atoms with Crippen LogP contribution >= 0.6 is 0 Å². The summed E-state index contributed by atoms with van der Waals surface area (Å²) < 4.78 is 21.3. The van der Waals surface area contributed by atoms with Crippen molar-refractivity contribution in [1.82, 2.24) is 9.88 Å². The molecule has 0 bridgehead atoms. The van der Waals surface area contributed by atoms with Gasteiger partial charge in [-0.1, -0.05) is 0 Å². The van der Waals surface area contributed by atoms with E-state index in [1.54, 1.807) is 6.07 Å². The van der Waals surface area contributed by atoms with Gasteiger partial charge in [0.25, 0.3) is 0 Å². The van der Waals surface area contributed by atoms with E-state index in [-0.39, 0.29) is 23.0 Å². The van der Waals surface area contributed by atoms with Crippen molar-refractivity contribution in [2.45, 2.75) is 43.4 Å². The molecule has 0 radical (unpaired) electrons. The molecule has 3 aliphatic rings. The molecule has 1 saturated heterocycles. The minimum atomic E-state index is -1.36. The number of nitrogens with one attached hydrogen (secondary N) is 1. The van der Waals surface area contributed by atoms with Gasteiger partial charge in [-0.2, -0.15) is 0 Å². The lowest BCUT2D eigenvalue weighted by molar-refractivity contribution is 0.0694. The maximum absolute atomic E-state index is 14.1. The van der Waals surface area contributed by atoms with Crippen LogP contribution in [0.3, 0.4) is 0 Å². The van der Waals surface area contributed by atoms with Gasteiger partial charge in [-0.25, -0.2) is 9.18 Å². The average molecular weight is 430 g/mol. The number of halogens is 1. The molecule has 8 nitrogen and oxygen atoms in total. The SMILES string of the molecule is CNC1([C@@H]2CCN(c3cc(N)c4c(=O)c(C(=O)O)cn([C@@H]5C[C@@H]5F)c4c3OC)C2)CC1. The number of hydrogen-bond acceptors (Lipinski definition) is 6. The van der Waals surface area contributed by atoms with Crippen LogP contribution in [0.15, 0.2) is 17.1 Å². The number of anilines is 2. The maximum Gasteiger partial charge on any atom is 0.341 e. The number of ether oxygens (including phenoxy) is 1. The Kier molecular flexibility index (Phi) is 4.44. The predicted molar refractivity (Wildman–Crippen MR) is 116 cm³/mol. The molecule has 3 fully saturated rings. The first-order valence-electron chi connectivity index (χ1n) is 10.7. The number of carboxylic acid groups (broad SMARTS) is 1. The smallest absolute Gasteiger partial charge is 0.341 e. The number of pyridine rings is 1. The quantitative estimate of drug-likeness (QED) is 0.603. The van der Waals surface area contributed by atoms with Crippen LogP contribution in [0.5, 0.6) is 5.75 Å². The largest absolute Gasteiger partial charge is 0.492 e. The van der Waals surface area contributed by atoms with Crippen molar-refractivity contribution in [3.05, 3.63) is 28.0 Å². The number of benzene rings is 1. The highest BCUT2D eigenvalue weighted by Gasteiger charge is 2.50. The van der Waals surface area contributed by atoms with Crippen molar-refractivity contribution in [3.63, 3.8) is 0 Å². The van der Waals surface area contributed by atoms with E-state index in [9.17, 15) is 19.1 Å². The van der Waals surface area contributed by atoms with Crippen LogP contribution in [0.2, 0.25) is 0 Å². The van der Waals surface area contributed by atoms with Crippen molar-refractivity contribution in [2.75, 3.05) is 37.9 Å². The molecule has 5 rings (SSSR count). The molecule has 2 saturated carbocycles. The van der Waals surface area contributed by atoms with Crippen LogP contribution in [-0.2, 0) is 0 Å². The second-order valence-electron chi connectivity index (χ2n) is 8.98. The molecular formula is C22H27FN4O4. The molecular weight excluding hydrogens is 403 g/mol. The van der Waals surface area contributed by atoms with Crippen LogP contribution < -0.4 is 26.1 Å². The number of hydrogen-bond donors (Lipinski definition) is 3. The Morgan fingerprint density at radius 3 is 2.68 bits per heavy atom. The van der Waals surface area contributed by atoms with Crippen LogP contribution in [0.25, 0.3) is 10.9 Å². The number of aromatic nitrogens is 1. The van der Waals surface area contributed by atoms with Crippen molar-refractivity contribution >= 4 is 28.2 Å². The summed E-state index contributed by atoms with van der Waals surface area (Å²) in [6.45, 7) is 1.65. The van der Waals surface area contributed by atoms with Gasteiger partial charge in [0.2, 0.25) is 5.43 Å². The van der Waals surface area contributed by atoms with Gasteiger partial charge in [-0.05, 0) is 38.3 Å². The number of nitrogens with two attached hydrogens (primary N) is 1. The zero-order chi connectivity index (χ0) is 22.1. The number of nitrogens with zero attached hydrogens (tertiary/aromatic N) is 2. The van der Waals surface area contributed by atoms with E-state index < -0.39 is 29.2 Å².